The van der Waals surface area contributed by atoms with Gasteiger partial charge >= 0.3 is 0 Å². The molecule has 6 heteroatoms. The van der Waals surface area contributed by atoms with Crippen molar-refractivity contribution in [2.75, 3.05) is 19.0 Å². The molecule has 0 unspecified atom stereocenters. The molecule has 1 N–H and O–H groups in total. The van der Waals surface area contributed by atoms with Gasteiger partial charge in [-0.15, -0.1) is 0 Å². The van der Waals surface area contributed by atoms with Crippen LogP contribution in [-0.2, 0) is 4.79 Å². The second kappa shape index (κ2) is 10.1. The molecule has 5 nitrogen and oxygen atoms in total. The summed E-state index contributed by atoms with van der Waals surface area (Å²) in [6, 6.07) is 22.3. The number of halogens is 1. The number of nitrogens with zero attached hydrogens (tertiary/aromatic N) is 1. The van der Waals surface area contributed by atoms with Crippen molar-refractivity contribution in [1.82, 2.24) is 4.90 Å². The number of carbonyl (C=O) groups is 2. The fraction of sp³-hybridized carbons (Fsp3) is 0.259. The monoisotopic (exact) mass is 462 g/mol. The average molecular weight is 463 g/mol. The number of amides is 2. The number of nitrogens with one attached hydrogen (secondary N) is 1. The second-order valence-corrected chi connectivity index (χ2v) is 8.82. The summed E-state index contributed by atoms with van der Waals surface area (Å²) < 4.78 is 5.18. The van der Waals surface area contributed by atoms with E-state index in [0.29, 0.717) is 35.7 Å². The maximum Gasteiger partial charge on any atom is 0.254 e. The topological polar surface area (TPSA) is 58.6 Å². The first kappa shape index (κ1) is 22.9. The molecule has 0 radical (unpaired) electrons. The highest BCUT2D eigenvalue weighted by molar-refractivity contribution is 6.30. The lowest BCUT2D eigenvalue weighted by Crippen LogP contribution is -2.45. The van der Waals surface area contributed by atoms with Crippen LogP contribution < -0.4 is 10.1 Å². The van der Waals surface area contributed by atoms with Crippen molar-refractivity contribution in [2.45, 2.75) is 25.8 Å². The summed E-state index contributed by atoms with van der Waals surface area (Å²) in [4.78, 5) is 28.4. The predicted octanol–water partition coefficient (Wildman–Crippen LogP) is 5.89. The molecule has 1 heterocycles. The second-order valence-electron chi connectivity index (χ2n) is 8.39. The van der Waals surface area contributed by atoms with E-state index in [2.05, 4.69) is 17.4 Å². The minimum Gasteiger partial charge on any atom is -0.497 e. The smallest absolute Gasteiger partial charge is 0.254 e. The van der Waals surface area contributed by atoms with Gasteiger partial charge in [0.1, 0.15) is 5.75 Å². The van der Waals surface area contributed by atoms with Crippen LogP contribution in [0.2, 0.25) is 5.02 Å². The highest BCUT2D eigenvalue weighted by atomic mass is 35.5. The number of benzene rings is 3. The Kier molecular flexibility index (Phi) is 6.99. The van der Waals surface area contributed by atoms with E-state index in [1.165, 1.54) is 0 Å². The molecular formula is C27H27ClN2O3. The summed E-state index contributed by atoms with van der Waals surface area (Å²) in [5.74, 6) is 0.243. The van der Waals surface area contributed by atoms with Crippen LogP contribution in [0.3, 0.4) is 0 Å². The molecule has 1 aliphatic rings. The zero-order valence-corrected chi connectivity index (χ0v) is 19.5. The first-order valence-electron chi connectivity index (χ1n) is 11.0. The van der Waals surface area contributed by atoms with Gasteiger partial charge in [0.25, 0.3) is 5.91 Å². The van der Waals surface area contributed by atoms with E-state index in [4.69, 9.17) is 16.3 Å². The molecule has 0 bridgehead atoms. The summed E-state index contributed by atoms with van der Waals surface area (Å²) in [6.07, 6.45) is 1.41. The Balaban J connectivity index is 1.56. The Hall–Kier alpha value is -3.31. The summed E-state index contributed by atoms with van der Waals surface area (Å²) >= 11 is 6.02. The summed E-state index contributed by atoms with van der Waals surface area (Å²) in [7, 11) is 1.60. The van der Waals surface area contributed by atoms with Gasteiger partial charge in [-0.2, -0.15) is 0 Å². The summed E-state index contributed by atoms with van der Waals surface area (Å²) in [5, 5.41) is 3.56. The van der Waals surface area contributed by atoms with E-state index in [1.54, 1.807) is 43.5 Å². The van der Waals surface area contributed by atoms with Gasteiger partial charge in [0.2, 0.25) is 5.91 Å². The third kappa shape index (κ3) is 5.37. The van der Waals surface area contributed by atoms with Crippen molar-refractivity contribution >= 4 is 29.1 Å². The summed E-state index contributed by atoms with van der Waals surface area (Å²) in [6.45, 7) is 2.39. The van der Waals surface area contributed by atoms with Crippen molar-refractivity contribution in [3.05, 3.63) is 94.5 Å². The van der Waals surface area contributed by atoms with Crippen LogP contribution in [-0.4, -0.2) is 30.4 Å². The number of anilines is 1. The van der Waals surface area contributed by atoms with E-state index >= 15 is 0 Å². The summed E-state index contributed by atoms with van der Waals surface area (Å²) in [5.41, 5.74) is 3.50. The molecule has 3 aromatic carbocycles. The van der Waals surface area contributed by atoms with Gasteiger partial charge < -0.3 is 15.0 Å². The quantitative estimate of drug-likeness (QED) is 0.514. The van der Waals surface area contributed by atoms with Gasteiger partial charge in [0.05, 0.1) is 19.1 Å². The molecule has 0 aromatic heterocycles. The molecule has 170 valence electrons. The minimum absolute atomic E-state index is 0.0851. The molecule has 1 aliphatic heterocycles. The van der Waals surface area contributed by atoms with E-state index in [0.717, 1.165) is 16.9 Å². The van der Waals surface area contributed by atoms with Gasteiger partial charge in [-0.3, -0.25) is 9.59 Å². The SMILES string of the molecule is COc1ccc(NC(=O)[C@@H]2CC[C@H](c3cccc(C)c3)N(C(=O)c3ccc(Cl)cc3)C2)cc1. The number of carbonyl (C=O) groups excluding carboxylic acids is 2. The van der Waals surface area contributed by atoms with Crippen LogP contribution in [0.5, 0.6) is 5.75 Å². The van der Waals surface area contributed by atoms with Crippen LogP contribution >= 0.6 is 11.6 Å². The molecule has 33 heavy (non-hydrogen) atoms. The van der Waals surface area contributed by atoms with Gasteiger partial charge in [0.15, 0.2) is 0 Å². The number of hydrogen-bond donors (Lipinski definition) is 1. The molecule has 4 rings (SSSR count). The maximum absolute atomic E-state index is 13.5. The van der Waals surface area contributed by atoms with Crippen LogP contribution in [0.4, 0.5) is 5.69 Å². The molecule has 1 fully saturated rings. The van der Waals surface area contributed by atoms with Crippen molar-refractivity contribution in [1.29, 1.82) is 0 Å². The van der Waals surface area contributed by atoms with Crippen molar-refractivity contribution < 1.29 is 14.3 Å². The number of aryl methyl sites for hydroxylation is 1. The Labute approximate surface area is 199 Å². The highest BCUT2D eigenvalue weighted by Gasteiger charge is 2.36. The van der Waals surface area contributed by atoms with E-state index < -0.39 is 0 Å². The largest absolute Gasteiger partial charge is 0.497 e. The van der Waals surface area contributed by atoms with Gasteiger partial charge in [0, 0.05) is 22.8 Å². The van der Waals surface area contributed by atoms with Gasteiger partial charge in [-0.25, -0.2) is 0 Å². The first-order chi connectivity index (χ1) is 15.9. The number of likely N-dealkylation sites (tertiary alicyclic amines) is 1. The lowest BCUT2D eigenvalue weighted by Gasteiger charge is -2.39. The zero-order chi connectivity index (χ0) is 23.4. The van der Waals surface area contributed by atoms with Crippen molar-refractivity contribution in [3.63, 3.8) is 0 Å². The standard InChI is InChI=1S/C27H27ClN2O3/c1-18-4-3-5-20(16-18)25-15-8-21(26(31)29-23-11-13-24(33-2)14-12-23)17-30(25)27(32)19-6-9-22(28)10-7-19/h3-7,9-14,16,21,25H,8,15,17H2,1-2H3,(H,29,31)/t21-,25-/m1/s1. The van der Waals surface area contributed by atoms with Crippen LogP contribution in [0.15, 0.2) is 72.8 Å². The maximum atomic E-state index is 13.5. The van der Waals surface area contributed by atoms with Gasteiger partial charge in [-0.1, -0.05) is 41.4 Å². The van der Waals surface area contributed by atoms with Crippen LogP contribution in [0, 0.1) is 12.8 Å². The van der Waals surface area contributed by atoms with Gasteiger partial charge in [-0.05, 0) is 73.9 Å². The molecule has 2 amide bonds. The number of methoxy groups -OCH3 is 1. The fourth-order valence-corrected chi connectivity index (χ4v) is 4.44. The van der Waals surface area contributed by atoms with E-state index in [-0.39, 0.29) is 23.8 Å². The number of rotatable bonds is 5. The minimum atomic E-state index is -0.301. The Morgan fingerprint density at radius 2 is 1.73 bits per heavy atom. The number of piperidine rings is 1. The molecule has 0 aliphatic carbocycles. The average Bonchev–Trinajstić information content (AvgIpc) is 2.84. The normalized spacial score (nSPS) is 18.0. The molecule has 1 saturated heterocycles. The fourth-order valence-electron chi connectivity index (χ4n) is 4.31. The molecule has 3 aromatic rings. The van der Waals surface area contributed by atoms with Crippen molar-refractivity contribution in [2.24, 2.45) is 5.92 Å². The third-order valence-electron chi connectivity index (χ3n) is 6.09. The van der Waals surface area contributed by atoms with Crippen molar-refractivity contribution in [3.8, 4) is 5.75 Å². The number of hydrogen-bond acceptors (Lipinski definition) is 3. The Bertz CT molecular complexity index is 1130. The first-order valence-corrected chi connectivity index (χ1v) is 11.4. The molecule has 0 spiro atoms. The predicted molar refractivity (Wildman–Crippen MR) is 131 cm³/mol. The molecule has 0 saturated carbocycles. The molecule has 2 atom stereocenters. The number of ether oxygens (including phenoxy) is 1. The zero-order valence-electron chi connectivity index (χ0n) is 18.8. The van der Waals surface area contributed by atoms with Crippen LogP contribution in [0.25, 0.3) is 0 Å². The lowest BCUT2D eigenvalue weighted by atomic mass is 9.87. The van der Waals surface area contributed by atoms with E-state index in [1.807, 2.05) is 36.1 Å². The molecular weight excluding hydrogens is 436 g/mol. The van der Waals surface area contributed by atoms with Crippen LogP contribution in [0.1, 0.15) is 40.4 Å². The Morgan fingerprint density at radius 3 is 2.39 bits per heavy atom. The third-order valence-corrected chi connectivity index (χ3v) is 6.34. The highest BCUT2D eigenvalue weighted by Crippen LogP contribution is 2.35. The van der Waals surface area contributed by atoms with E-state index in [9.17, 15) is 9.59 Å². The Morgan fingerprint density at radius 1 is 1.00 bits per heavy atom. The lowest BCUT2D eigenvalue weighted by molar-refractivity contribution is -0.121.